The van der Waals surface area contributed by atoms with Crippen LogP contribution >= 0.6 is 0 Å². The van der Waals surface area contributed by atoms with Gasteiger partial charge >= 0.3 is 0 Å². The highest BCUT2D eigenvalue weighted by molar-refractivity contribution is 6.08. The molecule has 0 aliphatic rings. The Morgan fingerprint density at radius 1 is 1.22 bits per heavy atom. The molecule has 2 heteroatoms. The lowest BCUT2D eigenvalue weighted by Gasteiger charge is -2.20. The molecule has 0 aliphatic heterocycles. The second kappa shape index (κ2) is 6.16. The van der Waals surface area contributed by atoms with Gasteiger partial charge < -0.3 is 0 Å². The third kappa shape index (κ3) is 4.55. The first-order chi connectivity index (χ1) is 8.44. The Morgan fingerprint density at radius 2 is 1.83 bits per heavy atom. The number of hydrogen-bond acceptors (Lipinski definition) is 2. The van der Waals surface area contributed by atoms with E-state index >= 15 is 0 Å². The van der Waals surface area contributed by atoms with Gasteiger partial charge in [0, 0.05) is 18.4 Å². The zero-order valence-electron chi connectivity index (χ0n) is 10.9. The molecule has 0 bridgehead atoms. The molecular weight excluding hydrogens is 224 g/mol. The van der Waals surface area contributed by atoms with Crippen LogP contribution in [-0.2, 0) is 4.79 Å². The lowest BCUT2D eigenvalue weighted by Crippen LogP contribution is -2.18. The number of rotatable bonds is 6. The summed E-state index contributed by atoms with van der Waals surface area (Å²) < 4.78 is 0. The van der Waals surface area contributed by atoms with Crippen LogP contribution in [0.2, 0.25) is 0 Å². The fraction of sp³-hybridized carbons (Fsp3) is 0.375. The van der Waals surface area contributed by atoms with Gasteiger partial charge in [0.05, 0.1) is 6.42 Å². The monoisotopic (exact) mass is 242 g/mol. The van der Waals surface area contributed by atoms with Gasteiger partial charge in [-0.25, -0.2) is 0 Å². The van der Waals surface area contributed by atoms with Crippen molar-refractivity contribution in [2.75, 3.05) is 0 Å². The third-order valence-corrected chi connectivity index (χ3v) is 2.71. The molecule has 94 valence electrons. The van der Waals surface area contributed by atoms with Crippen molar-refractivity contribution in [1.82, 2.24) is 0 Å². The van der Waals surface area contributed by atoms with Crippen LogP contribution in [0.15, 0.2) is 30.3 Å². The minimum atomic E-state index is -0.233. The Hall–Kier alpha value is -1.88. The van der Waals surface area contributed by atoms with E-state index in [4.69, 9.17) is 6.42 Å². The summed E-state index contributed by atoms with van der Waals surface area (Å²) in [6.45, 7) is 3.88. The van der Waals surface area contributed by atoms with Gasteiger partial charge in [0.25, 0.3) is 0 Å². The summed E-state index contributed by atoms with van der Waals surface area (Å²) >= 11 is 0. The van der Waals surface area contributed by atoms with E-state index in [1.807, 2.05) is 19.9 Å². The fourth-order valence-electron chi connectivity index (χ4n) is 1.84. The van der Waals surface area contributed by atoms with E-state index in [0.29, 0.717) is 18.4 Å². The molecule has 1 aromatic carbocycles. The molecule has 0 N–H and O–H groups in total. The highest BCUT2D eigenvalue weighted by Gasteiger charge is 2.22. The number of Topliss-reactive ketones (excluding diaryl/α,β-unsaturated/α-hetero) is 2. The molecule has 0 atom stereocenters. The molecule has 0 heterocycles. The van der Waals surface area contributed by atoms with Crippen molar-refractivity contribution in [2.45, 2.75) is 33.1 Å². The lowest BCUT2D eigenvalue weighted by molar-refractivity contribution is -0.120. The summed E-state index contributed by atoms with van der Waals surface area (Å²) in [6, 6.07) is 8.87. The first-order valence-corrected chi connectivity index (χ1v) is 5.98. The topological polar surface area (TPSA) is 34.1 Å². The second-order valence-electron chi connectivity index (χ2n) is 5.23. The van der Waals surface area contributed by atoms with Gasteiger partial charge in [0.2, 0.25) is 0 Å². The van der Waals surface area contributed by atoms with Crippen LogP contribution in [0.4, 0.5) is 0 Å². The van der Waals surface area contributed by atoms with Crippen molar-refractivity contribution in [3.63, 3.8) is 0 Å². The summed E-state index contributed by atoms with van der Waals surface area (Å²) in [7, 11) is 0. The zero-order chi connectivity index (χ0) is 13.6. The molecule has 1 aromatic rings. The Balaban J connectivity index is 2.56. The summed E-state index contributed by atoms with van der Waals surface area (Å²) in [5, 5.41) is 0. The largest absolute Gasteiger partial charge is 0.299 e. The number of carbonyl (C=O) groups excluding carboxylic acids is 2. The number of ketones is 2. The summed E-state index contributed by atoms with van der Waals surface area (Å²) in [6.07, 6.45) is 6.09. The normalized spacial score (nSPS) is 10.7. The molecule has 0 fully saturated rings. The molecule has 0 saturated carbocycles. The number of hydrogen-bond donors (Lipinski definition) is 0. The van der Waals surface area contributed by atoms with Crippen LogP contribution in [-0.4, -0.2) is 11.6 Å². The highest BCUT2D eigenvalue weighted by atomic mass is 16.1. The maximum absolute atomic E-state index is 11.8. The van der Waals surface area contributed by atoms with E-state index in [2.05, 4.69) is 5.92 Å². The molecule has 1 rings (SSSR count). The standard InChI is InChI=1S/C16H18O2/c1-4-10-16(2,3)12-14(17)11-15(18)13-8-6-5-7-9-13/h1,5-9H,10-12H2,2-3H3. The summed E-state index contributed by atoms with van der Waals surface area (Å²) in [5.41, 5.74) is 0.351. The molecule has 18 heavy (non-hydrogen) atoms. The van der Waals surface area contributed by atoms with Crippen molar-refractivity contribution in [1.29, 1.82) is 0 Å². The number of terminal acetylenes is 1. The van der Waals surface area contributed by atoms with E-state index < -0.39 is 0 Å². The minimum Gasteiger partial charge on any atom is -0.299 e. The Morgan fingerprint density at radius 3 is 2.39 bits per heavy atom. The van der Waals surface area contributed by atoms with Crippen molar-refractivity contribution in [3.05, 3.63) is 35.9 Å². The smallest absolute Gasteiger partial charge is 0.170 e. The predicted molar refractivity (Wildman–Crippen MR) is 72.2 cm³/mol. The summed E-state index contributed by atoms with van der Waals surface area (Å²) in [4.78, 5) is 23.7. The molecule has 0 radical (unpaired) electrons. The van der Waals surface area contributed by atoms with E-state index in [-0.39, 0.29) is 23.4 Å². The van der Waals surface area contributed by atoms with Crippen LogP contribution in [0.3, 0.4) is 0 Å². The highest BCUT2D eigenvalue weighted by Crippen LogP contribution is 2.25. The van der Waals surface area contributed by atoms with Crippen LogP contribution in [0.1, 0.15) is 43.5 Å². The Labute approximate surface area is 108 Å². The molecule has 0 aromatic heterocycles. The van der Waals surface area contributed by atoms with E-state index in [1.54, 1.807) is 24.3 Å². The molecule has 0 spiro atoms. The summed E-state index contributed by atoms with van der Waals surface area (Å²) in [5.74, 6) is 2.38. The van der Waals surface area contributed by atoms with Gasteiger partial charge in [-0.2, -0.15) is 0 Å². The first-order valence-electron chi connectivity index (χ1n) is 5.98. The SMILES string of the molecule is C#CCC(C)(C)CC(=O)CC(=O)c1ccccc1. The van der Waals surface area contributed by atoms with E-state index in [9.17, 15) is 9.59 Å². The van der Waals surface area contributed by atoms with Crippen LogP contribution in [0.25, 0.3) is 0 Å². The fourth-order valence-corrected chi connectivity index (χ4v) is 1.84. The maximum atomic E-state index is 11.8. The maximum Gasteiger partial charge on any atom is 0.170 e. The number of carbonyl (C=O) groups is 2. The van der Waals surface area contributed by atoms with Crippen LogP contribution in [0.5, 0.6) is 0 Å². The van der Waals surface area contributed by atoms with Gasteiger partial charge in [-0.3, -0.25) is 9.59 Å². The average Bonchev–Trinajstić information content (AvgIpc) is 2.28. The molecule has 0 unspecified atom stereocenters. The van der Waals surface area contributed by atoms with Crippen molar-refractivity contribution >= 4 is 11.6 Å². The van der Waals surface area contributed by atoms with Gasteiger partial charge in [0.1, 0.15) is 5.78 Å². The predicted octanol–water partition coefficient (Wildman–Crippen LogP) is 3.27. The Kier molecular flexibility index (Phi) is 4.85. The van der Waals surface area contributed by atoms with Gasteiger partial charge in [-0.15, -0.1) is 12.3 Å². The molecular formula is C16H18O2. The van der Waals surface area contributed by atoms with Gasteiger partial charge in [-0.05, 0) is 5.41 Å². The quantitative estimate of drug-likeness (QED) is 0.436. The van der Waals surface area contributed by atoms with E-state index in [1.165, 1.54) is 0 Å². The van der Waals surface area contributed by atoms with Crippen molar-refractivity contribution < 1.29 is 9.59 Å². The molecule has 0 amide bonds. The number of benzene rings is 1. The Bertz CT molecular complexity index is 464. The van der Waals surface area contributed by atoms with Crippen molar-refractivity contribution in [2.24, 2.45) is 5.41 Å². The zero-order valence-corrected chi connectivity index (χ0v) is 10.9. The third-order valence-electron chi connectivity index (χ3n) is 2.71. The molecule has 0 aliphatic carbocycles. The van der Waals surface area contributed by atoms with Crippen molar-refractivity contribution in [3.8, 4) is 12.3 Å². The molecule has 2 nitrogen and oxygen atoms in total. The van der Waals surface area contributed by atoms with Gasteiger partial charge in [-0.1, -0.05) is 44.2 Å². The first kappa shape index (κ1) is 14.2. The van der Waals surface area contributed by atoms with Crippen LogP contribution < -0.4 is 0 Å². The lowest BCUT2D eigenvalue weighted by atomic mass is 9.83. The average molecular weight is 242 g/mol. The second-order valence-corrected chi connectivity index (χ2v) is 5.23. The van der Waals surface area contributed by atoms with Crippen LogP contribution in [0, 0.1) is 17.8 Å². The van der Waals surface area contributed by atoms with E-state index in [0.717, 1.165) is 0 Å². The van der Waals surface area contributed by atoms with Gasteiger partial charge in [0.15, 0.2) is 5.78 Å². The molecule has 0 saturated heterocycles. The minimum absolute atomic E-state index is 0.0436.